The smallest absolute Gasteiger partial charge is 0.246 e. The number of halogens is 1. The van der Waals surface area contributed by atoms with Gasteiger partial charge in [-0.15, -0.1) is 0 Å². The highest BCUT2D eigenvalue weighted by atomic mass is 79.9. The second-order valence-corrected chi connectivity index (χ2v) is 5.41. The molecule has 106 valence electrons. The van der Waals surface area contributed by atoms with E-state index in [9.17, 15) is 4.79 Å². The van der Waals surface area contributed by atoms with Crippen molar-refractivity contribution in [2.45, 2.75) is 25.9 Å². The van der Waals surface area contributed by atoms with Crippen molar-refractivity contribution in [3.63, 3.8) is 0 Å². The highest BCUT2D eigenvalue weighted by Gasteiger charge is 2.21. The molecule has 0 spiro atoms. The maximum Gasteiger partial charge on any atom is 0.246 e. The van der Waals surface area contributed by atoms with Crippen LogP contribution in [-0.4, -0.2) is 15.5 Å². The number of imidazole rings is 1. The van der Waals surface area contributed by atoms with Gasteiger partial charge in [0.25, 0.3) is 0 Å². The Bertz CT molecular complexity index is 579. The molecule has 1 aromatic heterocycles. The first-order chi connectivity index (χ1) is 9.61. The molecule has 1 amide bonds. The normalized spacial score (nSPS) is 12.1. The van der Waals surface area contributed by atoms with Crippen molar-refractivity contribution < 1.29 is 4.79 Å². The molecular formula is C14H17BrN4O. The molecule has 5 nitrogen and oxygen atoms in total. The fourth-order valence-corrected chi connectivity index (χ4v) is 2.27. The van der Waals surface area contributed by atoms with Crippen LogP contribution < -0.4 is 11.1 Å². The molecule has 0 fully saturated rings. The van der Waals surface area contributed by atoms with Gasteiger partial charge >= 0.3 is 0 Å². The quantitative estimate of drug-likeness (QED) is 0.851. The largest absolute Gasteiger partial charge is 0.369 e. The number of amides is 1. The minimum atomic E-state index is -0.592. The lowest BCUT2D eigenvalue weighted by molar-refractivity contribution is -0.119. The molecule has 1 aromatic carbocycles. The molecule has 0 aliphatic heterocycles. The summed E-state index contributed by atoms with van der Waals surface area (Å²) in [7, 11) is 0. The Kier molecular flexibility index (Phi) is 4.79. The van der Waals surface area contributed by atoms with Crippen molar-refractivity contribution in [2.24, 2.45) is 5.73 Å². The number of anilines is 1. The van der Waals surface area contributed by atoms with Gasteiger partial charge in [-0.3, -0.25) is 4.79 Å². The van der Waals surface area contributed by atoms with Crippen LogP contribution in [-0.2, 0) is 11.3 Å². The predicted octanol–water partition coefficient (Wildman–Crippen LogP) is 2.69. The zero-order chi connectivity index (χ0) is 14.5. The van der Waals surface area contributed by atoms with Crippen LogP contribution in [0.2, 0.25) is 0 Å². The first kappa shape index (κ1) is 14.6. The summed E-state index contributed by atoms with van der Waals surface area (Å²) in [4.78, 5) is 15.8. The highest BCUT2D eigenvalue weighted by Crippen LogP contribution is 2.21. The summed E-state index contributed by atoms with van der Waals surface area (Å²) in [6.45, 7) is 2.88. The molecule has 0 aliphatic rings. The second-order valence-electron chi connectivity index (χ2n) is 4.50. The fourth-order valence-electron chi connectivity index (χ4n) is 2.00. The Morgan fingerprint density at radius 2 is 2.15 bits per heavy atom. The van der Waals surface area contributed by atoms with Crippen LogP contribution in [0.5, 0.6) is 0 Å². The molecule has 1 atom stereocenters. The summed E-state index contributed by atoms with van der Waals surface area (Å²) in [6.07, 6.45) is 4.36. The van der Waals surface area contributed by atoms with Gasteiger partial charge in [0.1, 0.15) is 6.04 Å². The lowest BCUT2D eigenvalue weighted by Crippen LogP contribution is -2.29. The minimum absolute atomic E-state index is 0.425. The third kappa shape index (κ3) is 3.39. The number of nitrogens with one attached hydrogen (secondary N) is 1. The lowest BCUT2D eigenvalue weighted by Gasteiger charge is -2.18. The molecule has 3 N–H and O–H groups in total. The molecular weight excluding hydrogens is 320 g/mol. The highest BCUT2D eigenvalue weighted by molar-refractivity contribution is 9.10. The Morgan fingerprint density at radius 3 is 2.75 bits per heavy atom. The van der Waals surface area contributed by atoms with Crippen LogP contribution in [0, 0.1) is 0 Å². The van der Waals surface area contributed by atoms with Gasteiger partial charge in [-0.05, 0) is 30.7 Å². The summed E-state index contributed by atoms with van der Waals surface area (Å²) in [6, 6.07) is 7.00. The van der Waals surface area contributed by atoms with Crippen LogP contribution in [0.15, 0.2) is 41.3 Å². The van der Waals surface area contributed by atoms with Crippen LogP contribution in [0.25, 0.3) is 0 Å². The van der Waals surface area contributed by atoms with E-state index in [1.54, 1.807) is 12.5 Å². The number of hydrogen-bond acceptors (Lipinski definition) is 3. The van der Waals surface area contributed by atoms with E-state index >= 15 is 0 Å². The van der Waals surface area contributed by atoms with Gasteiger partial charge in [-0.1, -0.05) is 22.9 Å². The van der Waals surface area contributed by atoms with Gasteiger partial charge in [0.2, 0.25) is 5.91 Å². The van der Waals surface area contributed by atoms with Crippen LogP contribution in [0.4, 0.5) is 5.69 Å². The molecule has 1 heterocycles. The summed E-state index contributed by atoms with van der Waals surface area (Å²) >= 11 is 3.38. The number of nitrogens with two attached hydrogens (primary N) is 1. The van der Waals surface area contributed by atoms with Crippen molar-refractivity contribution in [3.05, 3.63) is 47.0 Å². The number of aromatic nitrogens is 2. The van der Waals surface area contributed by atoms with E-state index in [1.165, 1.54) is 0 Å². The summed E-state index contributed by atoms with van der Waals surface area (Å²) in [5.41, 5.74) is 7.13. The SMILES string of the molecule is CCCn1cncc1C(Nc1ccc(Br)cc1)C(N)=O. The molecule has 0 aliphatic carbocycles. The van der Waals surface area contributed by atoms with Crippen molar-refractivity contribution in [1.29, 1.82) is 0 Å². The lowest BCUT2D eigenvalue weighted by atomic mass is 10.2. The number of rotatable bonds is 6. The standard InChI is InChI=1S/C14H17BrN4O/c1-2-7-19-9-17-8-12(19)13(14(16)20)18-11-5-3-10(15)4-6-11/h3-6,8-9,13,18H,2,7H2,1H3,(H2,16,20). The van der Waals surface area contributed by atoms with Gasteiger partial charge in [-0.2, -0.15) is 0 Å². The zero-order valence-electron chi connectivity index (χ0n) is 11.2. The Hall–Kier alpha value is -1.82. The average molecular weight is 337 g/mol. The number of aryl methyl sites for hydroxylation is 1. The molecule has 2 aromatic rings. The number of nitrogens with zero attached hydrogens (tertiary/aromatic N) is 2. The Balaban J connectivity index is 2.25. The molecule has 1 unspecified atom stereocenters. The third-order valence-electron chi connectivity index (χ3n) is 2.94. The Morgan fingerprint density at radius 1 is 1.45 bits per heavy atom. The first-order valence-electron chi connectivity index (χ1n) is 6.43. The predicted molar refractivity (Wildman–Crippen MR) is 82.2 cm³/mol. The van der Waals surface area contributed by atoms with E-state index in [0.717, 1.165) is 28.8 Å². The molecule has 0 radical (unpaired) electrons. The average Bonchev–Trinajstić information content (AvgIpc) is 2.86. The summed E-state index contributed by atoms with van der Waals surface area (Å²) < 4.78 is 2.93. The number of hydrogen-bond donors (Lipinski definition) is 2. The summed E-state index contributed by atoms with van der Waals surface area (Å²) in [5, 5.41) is 3.15. The van der Waals surface area contributed by atoms with Gasteiger partial charge in [-0.25, -0.2) is 4.98 Å². The van der Waals surface area contributed by atoms with Crippen LogP contribution in [0.3, 0.4) is 0 Å². The molecule has 6 heteroatoms. The van der Waals surface area contributed by atoms with Crippen molar-refractivity contribution in [2.75, 3.05) is 5.32 Å². The molecule has 20 heavy (non-hydrogen) atoms. The number of carbonyl (C=O) groups excluding carboxylic acids is 1. The maximum atomic E-state index is 11.7. The number of carbonyl (C=O) groups is 1. The molecule has 0 saturated heterocycles. The van der Waals surface area contributed by atoms with Crippen molar-refractivity contribution in [1.82, 2.24) is 9.55 Å². The molecule has 2 rings (SSSR count). The van der Waals surface area contributed by atoms with Gasteiger partial charge in [0.05, 0.1) is 18.2 Å². The van der Waals surface area contributed by atoms with Crippen molar-refractivity contribution >= 4 is 27.5 Å². The minimum Gasteiger partial charge on any atom is -0.369 e. The first-order valence-corrected chi connectivity index (χ1v) is 7.22. The van der Waals surface area contributed by atoms with E-state index in [4.69, 9.17) is 5.73 Å². The van der Waals surface area contributed by atoms with E-state index in [1.807, 2.05) is 28.8 Å². The van der Waals surface area contributed by atoms with Crippen LogP contribution >= 0.6 is 15.9 Å². The topological polar surface area (TPSA) is 72.9 Å². The van der Waals surface area contributed by atoms with Gasteiger partial charge in [0, 0.05) is 16.7 Å². The Labute approximate surface area is 126 Å². The number of primary amides is 1. The maximum absolute atomic E-state index is 11.7. The second kappa shape index (κ2) is 6.56. The van der Waals surface area contributed by atoms with Gasteiger partial charge in [0.15, 0.2) is 0 Å². The third-order valence-corrected chi connectivity index (χ3v) is 3.47. The van der Waals surface area contributed by atoms with E-state index < -0.39 is 11.9 Å². The number of benzene rings is 1. The summed E-state index contributed by atoms with van der Waals surface area (Å²) in [5.74, 6) is -0.425. The zero-order valence-corrected chi connectivity index (χ0v) is 12.8. The molecule has 0 saturated carbocycles. The van der Waals surface area contributed by atoms with E-state index in [0.29, 0.717) is 0 Å². The fraction of sp³-hybridized carbons (Fsp3) is 0.286. The molecule has 0 bridgehead atoms. The van der Waals surface area contributed by atoms with Crippen LogP contribution in [0.1, 0.15) is 25.1 Å². The van der Waals surface area contributed by atoms with E-state index in [-0.39, 0.29) is 0 Å². The monoisotopic (exact) mass is 336 g/mol. The van der Waals surface area contributed by atoms with Gasteiger partial charge < -0.3 is 15.6 Å². The van der Waals surface area contributed by atoms with Crippen molar-refractivity contribution in [3.8, 4) is 0 Å². The van der Waals surface area contributed by atoms with E-state index in [2.05, 4.69) is 33.2 Å².